The largest absolute Gasteiger partial charge is 0.0836 e. The average Bonchev–Trinajstić information content (AvgIpc) is 3.25. The van der Waals surface area contributed by atoms with Gasteiger partial charge in [-0.1, -0.05) is 164 Å². The van der Waals surface area contributed by atoms with Crippen LogP contribution in [0.3, 0.4) is 0 Å². The van der Waals surface area contributed by atoms with Gasteiger partial charge >= 0.3 is 0 Å². The Balaban J connectivity index is 1.43. The van der Waals surface area contributed by atoms with Gasteiger partial charge in [0.15, 0.2) is 0 Å². The van der Waals surface area contributed by atoms with Crippen molar-refractivity contribution in [2.75, 3.05) is 0 Å². The van der Waals surface area contributed by atoms with Crippen molar-refractivity contribution in [1.29, 1.82) is 0 Å². The first-order valence-electron chi connectivity index (χ1n) is 19.4. The normalized spacial score (nSPS) is 15.6. The van der Waals surface area contributed by atoms with Crippen LogP contribution >= 0.6 is 0 Å². The summed E-state index contributed by atoms with van der Waals surface area (Å²) in [6.07, 6.45) is 19.4. The number of benzene rings is 9. The molecule has 0 saturated heterocycles. The van der Waals surface area contributed by atoms with Crippen LogP contribution in [0.5, 0.6) is 0 Å². The van der Waals surface area contributed by atoms with E-state index in [0.717, 1.165) is 19.3 Å². The summed E-state index contributed by atoms with van der Waals surface area (Å²) < 4.78 is 0. The number of rotatable bonds is 4. The van der Waals surface area contributed by atoms with Crippen LogP contribution in [-0.4, -0.2) is 0 Å². The molecule has 0 fully saturated rings. The molecule has 0 aromatic heterocycles. The topological polar surface area (TPSA) is 0 Å². The zero-order valence-corrected chi connectivity index (χ0v) is 30.1. The maximum atomic E-state index is 2.55. The lowest BCUT2D eigenvalue weighted by Crippen LogP contribution is -2.03. The fourth-order valence-corrected chi connectivity index (χ4v) is 9.50. The molecule has 0 spiro atoms. The van der Waals surface area contributed by atoms with Crippen LogP contribution in [0.25, 0.3) is 92.5 Å². The predicted octanol–water partition coefficient (Wildman–Crippen LogP) is 15.3. The molecule has 0 heterocycles. The SMILES string of the molecule is C1=CCC(c2ccc(C3=CCCC=C3)c3c(-c4ccccc4)c4cc5c6cc7ccccc7cc6c6ccccc6c5cc4c(-c4ccccc4)c23)C=C1. The maximum absolute atomic E-state index is 2.55. The highest BCUT2D eigenvalue weighted by atomic mass is 14.3. The van der Waals surface area contributed by atoms with Gasteiger partial charge in [-0.2, -0.15) is 0 Å². The summed E-state index contributed by atoms with van der Waals surface area (Å²) in [7, 11) is 0. The highest BCUT2D eigenvalue weighted by molar-refractivity contribution is 6.33. The van der Waals surface area contributed by atoms with E-state index in [2.05, 4.69) is 188 Å². The van der Waals surface area contributed by atoms with Gasteiger partial charge in [-0.05, 0) is 147 Å². The third kappa shape index (κ3) is 4.84. The smallest absolute Gasteiger partial charge is 0.00620 e. The Labute approximate surface area is 315 Å². The van der Waals surface area contributed by atoms with Crippen LogP contribution in [-0.2, 0) is 0 Å². The Morgan fingerprint density at radius 3 is 1.61 bits per heavy atom. The van der Waals surface area contributed by atoms with Gasteiger partial charge in [0.2, 0.25) is 0 Å². The minimum atomic E-state index is 0.282. The van der Waals surface area contributed by atoms with Gasteiger partial charge in [-0.15, -0.1) is 0 Å². The third-order valence-corrected chi connectivity index (χ3v) is 11.9. The van der Waals surface area contributed by atoms with E-state index in [1.54, 1.807) is 0 Å². The Morgan fingerprint density at radius 2 is 1.00 bits per heavy atom. The van der Waals surface area contributed by atoms with Crippen molar-refractivity contribution in [1.82, 2.24) is 0 Å². The molecule has 9 aromatic carbocycles. The highest BCUT2D eigenvalue weighted by Crippen LogP contribution is 2.51. The molecule has 54 heavy (non-hydrogen) atoms. The lowest BCUT2D eigenvalue weighted by atomic mass is 9.77. The molecule has 2 aliphatic rings. The van der Waals surface area contributed by atoms with Crippen molar-refractivity contribution in [3.63, 3.8) is 0 Å². The molecule has 2 aliphatic carbocycles. The minimum Gasteiger partial charge on any atom is -0.0836 e. The maximum Gasteiger partial charge on any atom is 0.00620 e. The van der Waals surface area contributed by atoms with Crippen LogP contribution in [0.2, 0.25) is 0 Å². The molecule has 0 aliphatic heterocycles. The van der Waals surface area contributed by atoms with Crippen molar-refractivity contribution in [3.8, 4) is 22.3 Å². The quantitative estimate of drug-likeness (QED) is 0.128. The average molecular weight is 687 g/mol. The summed E-state index contributed by atoms with van der Waals surface area (Å²) in [4.78, 5) is 0. The first kappa shape index (κ1) is 31.1. The van der Waals surface area contributed by atoms with Gasteiger partial charge in [-0.3, -0.25) is 0 Å². The van der Waals surface area contributed by atoms with E-state index >= 15 is 0 Å². The van der Waals surface area contributed by atoms with Crippen molar-refractivity contribution in [2.24, 2.45) is 0 Å². The second-order valence-electron chi connectivity index (χ2n) is 15.0. The molecule has 0 heteroatoms. The van der Waals surface area contributed by atoms with E-state index in [4.69, 9.17) is 0 Å². The fraction of sp³-hybridized carbons (Fsp3) is 0.0741. The molecule has 1 atom stereocenters. The van der Waals surface area contributed by atoms with E-state index in [1.165, 1.54) is 104 Å². The van der Waals surface area contributed by atoms with E-state index in [9.17, 15) is 0 Å². The Bertz CT molecular complexity index is 3100. The molecule has 11 rings (SSSR count). The van der Waals surface area contributed by atoms with Gasteiger partial charge in [0.05, 0.1) is 0 Å². The van der Waals surface area contributed by atoms with Gasteiger partial charge in [0, 0.05) is 5.92 Å². The van der Waals surface area contributed by atoms with Crippen LogP contribution in [0.4, 0.5) is 0 Å². The molecule has 254 valence electrons. The lowest BCUT2D eigenvalue weighted by molar-refractivity contribution is 0.862. The summed E-state index contributed by atoms with van der Waals surface area (Å²) in [6, 6.07) is 55.0. The molecule has 0 amide bonds. The van der Waals surface area contributed by atoms with Crippen molar-refractivity contribution >= 4 is 70.2 Å². The van der Waals surface area contributed by atoms with E-state index in [0.29, 0.717) is 0 Å². The zero-order valence-electron chi connectivity index (χ0n) is 30.1. The Kier molecular flexibility index (Phi) is 7.23. The summed E-state index contributed by atoms with van der Waals surface area (Å²) in [5.41, 5.74) is 9.16. The second-order valence-corrected chi connectivity index (χ2v) is 15.0. The molecule has 1 unspecified atom stereocenters. The van der Waals surface area contributed by atoms with Crippen LogP contribution in [0.1, 0.15) is 36.3 Å². The lowest BCUT2D eigenvalue weighted by Gasteiger charge is -2.26. The van der Waals surface area contributed by atoms with Crippen molar-refractivity contribution in [2.45, 2.75) is 25.2 Å². The van der Waals surface area contributed by atoms with Crippen LogP contribution in [0.15, 0.2) is 188 Å². The molecule has 0 nitrogen and oxygen atoms in total. The van der Waals surface area contributed by atoms with Gasteiger partial charge in [0.1, 0.15) is 0 Å². The summed E-state index contributed by atoms with van der Waals surface area (Å²) >= 11 is 0. The second kappa shape index (κ2) is 12.6. The standard InChI is InChI=1S/C54H38/c1-5-17-35(18-6-1)41-29-30-42(36-19-7-2-8-20-36)54-52(38-23-11-4-12-24-38)50-34-48-46-32-40-26-14-13-25-39(40)31-45(46)43-27-15-16-28-44(43)47(48)33-49(50)51(53(41)54)37-21-9-3-10-22-37/h1,3-7,9-17,19-35H,2,8,18H2. The van der Waals surface area contributed by atoms with Gasteiger partial charge < -0.3 is 0 Å². The van der Waals surface area contributed by atoms with E-state index < -0.39 is 0 Å². The van der Waals surface area contributed by atoms with Gasteiger partial charge in [0.25, 0.3) is 0 Å². The van der Waals surface area contributed by atoms with Crippen LogP contribution in [0, 0.1) is 0 Å². The van der Waals surface area contributed by atoms with Crippen molar-refractivity contribution in [3.05, 3.63) is 199 Å². The molecule has 0 saturated carbocycles. The third-order valence-electron chi connectivity index (χ3n) is 11.9. The minimum absolute atomic E-state index is 0.282. The van der Waals surface area contributed by atoms with Crippen LogP contribution < -0.4 is 0 Å². The summed E-state index contributed by atoms with van der Waals surface area (Å²) in [6.45, 7) is 0. The zero-order chi connectivity index (χ0) is 35.6. The number of fused-ring (bicyclic) bond motifs is 9. The Morgan fingerprint density at radius 1 is 0.426 bits per heavy atom. The number of allylic oxidation sites excluding steroid dienone is 8. The number of hydrogen-bond donors (Lipinski definition) is 0. The highest BCUT2D eigenvalue weighted by Gasteiger charge is 2.26. The Hall–Kier alpha value is -6.50. The molecule has 0 radical (unpaired) electrons. The van der Waals surface area contributed by atoms with E-state index in [1.807, 2.05) is 0 Å². The molecular weight excluding hydrogens is 649 g/mol. The fourth-order valence-electron chi connectivity index (χ4n) is 9.50. The molecule has 9 aromatic rings. The van der Waals surface area contributed by atoms with Crippen molar-refractivity contribution < 1.29 is 0 Å². The summed E-state index contributed by atoms with van der Waals surface area (Å²) in [5, 5.41) is 15.6. The molecular formula is C54H38. The molecule has 0 bridgehead atoms. The molecule has 0 N–H and O–H groups in total. The van der Waals surface area contributed by atoms with Gasteiger partial charge in [-0.25, -0.2) is 0 Å². The monoisotopic (exact) mass is 686 g/mol. The summed E-state index contributed by atoms with van der Waals surface area (Å²) in [5.74, 6) is 0.282. The first-order chi connectivity index (χ1) is 26.8. The predicted molar refractivity (Wildman–Crippen MR) is 234 cm³/mol. The number of hydrogen-bond acceptors (Lipinski definition) is 0. The van der Waals surface area contributed by atoms with E-state index in [-0.39, 0.29) is 5.92 Å². The first-order valence-corrected chi connectivity index (χ1v) is 19.4.